The summed E-state index contributed by atoms with van der Waals surface area (Å²) >= 11 is 8.99. The number of nitrogens with two attached hydrogens (primary N) is 1. The van der Waals surface area contributed by atoms with Gasteiger partial charge < -0.3 is 5.73 Å². The maximum atomic E-state index is 10.7. The molecule has 0 unspecified atom stereocenters. The highest BCUT2D eigenvalue weighted by Gasteiger charge is 2.13. The minimum absolute atomic E-state index is 0.533. The average Bonchev–Trinajstić information content (AvgIpc) is 2.03. The van der Waals surface area contributed by atoms with Gasteiger partial charge in [-0.3, -0.25) is 4.79 Å². The first-order valence-corrected chi connectivity index (χ1v) is 4.53. The van der Waals surface area contributed by atoms with Crippen molar-refractivity contribution in [1.82, 2.24) is 0 Å². The van der Waals surface area contributed by atoms with E-state index in [9.17, 15) is 4.79 Å². The van der Waals surface area contributed by atoms with Crippen LogP contribution in [0.3, 0.4) is 0 Å². The lowest BCUT2D eigenvalue weighted by Gasteiger charge is -2.04. The quantitative estimate of drug-likeness (QED) is 0.801. The molecule has 4 heteroatoms. The molecule has 1 aromatic carbocycles. The topological polar surface area (TPSA) is 43.1 Å². The zero-order valence-corrected chi connectivity index (χ0v) is 8.47. The van der Waals surface area contributed by atoms with Gasteiger partial charge >= 0.3 is 0 Å². The normalized spacial score (nSPS) is 12.5. The molecule has 0 bridgehead atoms. The second kappa shape index (κ2) is 3.92. The van der Waals surface area contributed by atoms with Crippen LogP contribution < -0.4 is 5.73 Å². The van der Waals surface area contributed by atoms with Crippen LogP contribution in [0.5, 0.6) is 0 Å². The largest absolute Gasteiger partial charge is 0.368 e. The van der Waals surface area contributed by atoms with Crippen LogP contribution in [-0.4, -0.2) is 5.91 Å². The van der Waals surface area contributed by atoms with Crippen LogP contribution in [0.4, 0.5) is 0 Å². The molecule has 1 amide bonds. The number of alkyl halides is 1. The van der Waals surface area contributed by atoms with E-state index in [1.54, 1.807) is 18.2 Å². The van der Waals surface area contributed by atoms with Crippen LogP contribution >= 0.6 is 27.5 Å². The summed E-state index contributed by atoms with van der Waals surface area (Å²) in [6.45, 7) is 0. The molecule has 64 valence electrons. The molecule has 0 radical (unpaired) electrons. The maximum absolute atomic E-state index is 10.7. The van der Waals surface area contributed by atoms with E-state index in [0.29, 0.717) is 5.56 Å². The second-order valence-corrected chi connectivity index (χ2v) is 3.67. The SMILES string of the molecule is NC(=O)[C@@H](Cl)c1cccc(Br)c1. The fraction of sp³-hybridized carbons (Fsp3) is 0.125. The van der Waals surface area contributed by atoms with Crippen molar-refractivity contribution in [1.29, 1.82) is 0 Å². The summed E-state index contributed by atoms with van der Waals surface area (Å²) in [5, 5.41) is -0.748. The molecule has 0 aliphatic rings. The molecule has 0 aliphatic heterocycles. The van der Waals surface area contributed by atoms with Crippen molar-refractivity contribution in [2.45, 2.75) is 5.38 Å². The smallest absolute Gasteiger partial charge is 0.240 e. The molecule has 0 spiro atoms. The Balaban J connectivity index is 2.95. The molecule has 0 aromatic heterocycles. The van der Waals surface area contributed by atoms with Crippen molar-refractivity contribution < 1.29 is 4.79 Å². The number of halogens is 2. The Hall–Kier alpha value is -0.540. The third kappa shape index (κ3) is 2.22. The van der Waals surface area contributed by atoms with Gasteiger partial charge in [-0.15, -0.1) is 11.6 Å². The molecule has 0 aliphatic carbocycles. The highest BCUT2D eigenvalue weighted by molar-refractivity contribution is 9.10. The van der Waals surface area contributed by atoms with Crippen molar-refractivity contribution in [3.8, 4) is 0 Å². The van der Waals surface area contributed by atoms with Gasteiger partial charge in [0, 0.05) is 4.47 Å². The van der Waals surface area contributed by atoms with E-state index in [4.69, 9.17) is 17.3 Å². The van der Waals surface area contributed by atoms with Gasteiger partial charge in [0.1, 0.15) is 5.38 Å². The van der Waals surface area contributed by atoms with E-state index < -0.39 is 11.3 Å². The molecular weight excluding hydrogens is 241 g/mol. The average molecular weight is 249 g/mol. The van der Waals surface area contributed by atoms with E-state index in [-0.39, 0.29) is 0 Å². The van der Waals surface area contributed by atoms with Crippen LogP contribution in [0, 0.1) is 0 Å². The minimum Gasteiger partial charge on any atom is -0.368 e. The van der Waals surface area contributed by atoms with Gasteiger partial charge in [0.2, 0.25) is 5.91 Å². The first kappa shape index (κ1) is 9.55. The van der Waals surface area contributed by atoms with Crippen LogP contribution in [0.25, 0.3) is 0 Å². The molecule has 0 saturated carbocycles. The molecule has 0 saturated heterocycles. The number of hydrogen-bond donors (Lipinski definition) is 1. The summed E-state index contributed by atoms with van der Waals surface area (Å²) in [5.74, 6) is -0.533. The van der Waals surface area contributed by atoms with E-state index in [1.165, 1.54) is 0 Å². The van der Waals surface area contributed by atoms with Gasteiger partial charge in [0.15, 0.2) is 0 Å². The number of primary amides is 1. The lowest BCUT2D eigenvalue weighted by Crippen LogP contribution is -2.16. The van der Waals surface area contributed by atoms with Crippen LogP contribution in [0.15, 0.2) is 28.7 Å². The van der Waals surface area contributed by atoms with Gasteiger partial charge in [0.05, 0.1) is 0 Å². The lowest BCUT2D eigenvalue weighted by atomic mass is 10.1. The Labute approximate surface area is 83.8 Å². The Morgan fingerprint density at radius 2 is 2.25 bits per heavy atom. The number of amides is 1. The zero-order valence-electron chi connectivity index (χ0n) is 6.13. The molecular formula is C8H7BrClNO. The zero-order chi connectivity index (χ0) is 9.14. The molecule has 0 fully saturated rings. The van der Waals surface area contributed by atoms with E-state index in [2.05, 4.69) is 15.9 Å². The third-order valence-corrected chi connectivity index (χ3v) is 2.35. The van der Waals surface area contributed by atoms with E-state index >= 15 is 0 Å². The molecule has 2 N–H and O–H groups in total. The third-order valence-electron chi connectivity index (χ3n) is 1.39. The van der Waals surface area contributed by atoms with Crippen molar-refractivity contribution in [2.75, 3.05) is 0 Å². The Morgan fingerprint density at radius 3 is 2.75 bits per heavy atom. The van der Waals surface area contributed by atoms with Gasteiger partial charge in [-0.2, -0.15) is 0 Å². The molecule has 2 nitrogen and oxygen atoms in total. The van der Waals surface area contributed by atoms with Crippen LogP contribution in [0.1, 0.15) is 10.9 Å². The van der Waals surface area contributed by atoms with Crippen molar-refractivity contribution in [3.63, 3.8) is 0 Å². The summed E-state index contributed by atoms with van der Waals surface area (Å²) in [6, 6.07) is 7.18. The Bertz CT molecular complexity index is 303. The Kier molecular flexibility index (Phi) is 3.12. The van der Waals surface area contributed by atoms with Crippen LogP contribution in [0.2, 0.25) is 0 Å². The van der Waals surface area contributed by atoms with Crippen molar-refractivity contribution in [3.05, 3.63) is 34.3 Å². The van der Waals surface area contributed by atoms with Gasteiger partial charge in [-0.05, 0) is 17.7 Å². The fourth-order valence-electron chi connectivity index (χ4n) is 0.829. The molecule has 0 heterocycles. The Morgan fingerprint density at radius 1 is 1.58 bits per heavy atom. The lowest BCUT2D eigenvalue weighted by molar-refractivity contribution is -0.117. The van der Waals surface area contributed by atoms with Gasteiger partial charge in [-0.25, -0.2) is 0 Å². The van der Waals surface area contributed by atoms with Crippen molar-refractivity contribution >= 4 is 33.4 Å². The first-order chi connectivity index (χ1) is 5.61. The summed E-state index contributed by atoms with van der Waals surface area (Å²) in [6.07, 6.45) is 0. The van der Waals surface area contributed by atoms with E-state index in [1.807, 2.05) is 6.07 Å². The first-order valence-electron chi connectivity index (χ1n) is 3.30. The second-order valence-electron chi connectivity index (χ2n) is 2.32. The summed E-state index contributed by atoms with van der Waals surface area (Å²) < 4.78 is 0.881. The number of benzene rings is 1. The van der Waals surface area contributed by atoms with Gasteiger partial charge in [0.25, 0.3) is 0 Å². The monoisotopic (exact) mass is 247 g/mol. The summed E-state index contributed by atoms with van der Waals surface area (Å²) in [7, 11) is 0. The summed E-state index contributed by atoms with van der Waals surface area (Å²) in [5.41, 5.74) is 5.74. The maximum Gasteiger partial charge on any atom is 0.240 e. The number of rotatable bonds is 2. The highest BCUT2D eigenvalue weighted by Crippen LogP contribution is 2.22. The van der Waals surface area contributed by atoms with Crippen molar-refractivity contribution in [2.24, 2.45) is 5.73 Å². The predicted molar refractivity (Wildman–Crippen MR) is 51.9 cm³/mol. The molecule has 1 rings (SSSR count). The van der Waals surface area contributed by atoms with Crippen LogP contribution in [-0.2, 0) is 4.79 Å². The number of hydrogen-bond acceptors (Lipinski definition) is 1. The molecule has 1 aromatic rings. The van der Waals surface area contributed by atoms with Gasteiger partial charge in [-0.1, -0.05) is 28.1 Å². The fourth-order valence-corrected chi connectivity index (χ4v) is 1.38. The van der Waals surface area contributed by atoms with E-state index in [0.717, 1.165) is 4.47 Å². The number of carbonyl (C=O) groups excluding carboxylic acids is 1. The molecule has 12 heavy (non-hydrogen) atoms. The molecule has 1 atom stereocenters. The predicted octanol–water partition coefficient (Wildman–Crippen LogP) is 2.21. The standard InChI is InChI=1S/C8H7BrClNO/c9-6-3-1-2-5(4-6)7(10)8(11)12/h1-4,7H,(H2,11,12)/t7-/m0/s1. The number of carbonyl (C=O) groups is 1. The highest BCUT2D eigenvalue weighted by atomic mass is 79.9. The minimum atomic E-state index is -0.748. The summed E-state index contributed by atoms with van der Waals surface area (Å²) in [4.78, 5) is 10.7.